The van der Waals surface area contributed by atoms with Crippen molar-refractivity contribution in [3.63, 3.8) is 0 Å². The van der Waals surface area contributed by atoms with Crippen molar-refractivity contribution in [1.82, 2.24) is 10.3 Å². The first-order chi connectivity index (χ1) is 10.1. The molecule has 0 spiro atoms. The Bertz CT molecular complexity index is 570. The van der Waals surface area contributed by atoms with Gasteiger partial charge in [-0.05, 0) is 29.8 Å². The molecule has 3 nitrogen and oxygen atoms in total. The number of pyridine rings is 1. The van der Waals surface area contributed by atoms with Crippen molar-refractivity contribution in [2.24, 2.45) is 0 Å². The summed E-state index contributed by atoms with van der Waals surface area (Å²) in [6, 6.07) is 11.5. The van der Waals surface area contributed by atoms with Gasteiger partial charge in [0.2, 0.25) is 0 Å². The first-order valence-corrected chi connectivity index (χ1v) is 7.19. The first-order valence-electron chi connectivity index (χ1n) is 7.19. The lowest BCUT2D eigenvalue weighted by molar-refractivity contribution is 0.580. The molecular formula is C17H22FN3. The zero-order chi connectivity index (χ0) is 15.2. The molecule has 0 aliphatic heterocycles. The topological polar surface area (TPSA) is 28.2 Å². The van der Waals surface area contributed by atoms with Crippen LogP contribution in [0.1, 0.15) is 25.1 Å². The fraction of sp³-hybridized carbons (Fsp3) is 0.353. The van der Waals surface area contributed by atoms with Crippen LogP contribution in [-0.4, -0.2) is 18.1 Å². The van der Waals surface area contributed by atoms with E-state index in [9.17, 15) is 4.39 Å². The van der Waals surface area contributed by atoms with Crippen LogP contribution in [-0.2, 0) is 13.1 Å². The number of aromatic nitrogens is 1. The van der Waals surface area contributed by atoms with E-state index in [0.29, 0.717) is 24.8 Å². The predicted molar refractivity (Wildman–Crippen MR) is 84.7 cm³/mol. The molecule has 0 unspecified atom stereocenters. The summed E-state index contributed by atoms with van der Waals surface area (Å²) in [5.41, 5.74) is 2.47. The van der Waals surface area contributed by atoms with Crippen LogP contribution in [0.15, 0.2) is 42.6 Å². The van der Waals surface area contributed by atoms with Gasteiger partial charge in [-0.2, -0.15) is 0 Å². The molecule has 1 aromatic carbocycles. The number of anilines is 1. The maximum atomic E-state index is 14.2. The van der Waals surface area contributed by atoms with Gasteiger partial charge in [0.1, 0.15) is 5.82 Å². The van der Waals surface area contributed by atoms with E-state index < -0.39 is 0 Å². The SMILES string of the molecule is CC(C)NCc1ccc(N(C)Cc2ccccn2)c(F)c1. The normalized spacial score (nSPS) is 10.9. The van der Waals surface area contributed by atoms with Crippen LogP contribution in [0, 0.1) is 5.82 Å². The highest BCUT2D eigenvalue weighted by molar-refractivity contribution is 5.48. The Balaban J connectivity index is 2.06. The van der Waals surface area contributed by atoms with Crippen molar-refractivity contribution in [3.05, 3.63) is 59.7 Å². The second kappa shape index (κ2) is 7.18. The first kappa shape index (κ1) is 15.4. The molecule has 1 N–H and O–H groups in total. The molecule has 0 saturated heterocycles. The van der Waals surface area contributed by atoms with Crippen molar-refractivity contribution < 1.29 is 4.39 Å². The van der Waals surface area contributed by atoms with Gasteiger partial charge >= 0.3 is 0 Å². The van der Waals surface area contributed by atoms with E-state index in [-0.39, 0.29) is 5.82 Å². The van der Waals surface area contributed by atoms with Gasteiger partial charge < -0.3 is 10.2 Å². The second-order valence-electron chi connectivity index (χ2n) is 5.50. The molecule has 0 amide bonds. The van der Waals surface area contributed by atoms with Gasteiger partial charge in [-0.25, -0.2) is 4.39 Å². The molecule has 1 heterocycles. The zero-order valence-corrected chi connectivity index (χ0v) is 12.8. The summed E-state index contributed by atoms with van der Waals surface area (Å²) in [5.74, 6) is -0.198. The lowest BCUT2D eigenvalue weighted by atomic mass is 10.1. The van der Waals surface area contributed by atoms with Gasteiger partial charge in [0.15, 0.2) is 0 Å². The number of hydrogen-bond donors (Lipinski definition) is 1. The van der Waals surface area contributed by atoms with E-state index in [0.717, 1.165) is 11.3 Å². The third-order valence-corrected chi connectivity index (χ3v) is 3.26. The molecule has 0 fully saturated rings. The van der Waals surface area contributed by atoms with E-state index in [4.69, 9.17) is 0 Å². The van der Waals surface area contributed by atoms with Crippen molar-refractivity contribution in [1.29, 1.82) is 0 Å². The Hall–Kier alpha value is -1.94. The van der Waals surface area contributed by atoms with Gasteiger partial charge in [-0.15, -0.1) is 0 Å². The van der Waals surface area contributed by atoms with Crippen LogP contribution in [0.2, 0.25) is 0 Å². The molecule has 0 radical (unpaired) electrons. The summed E-state index contributed by atoms with van der Waals surface area (Å²) in [7, 11) is 1.87. The van der Waals surface area contributed by atoms with E-state index in [1.165, 1.54) is 0 Å². The van der Waals surface area contributed by atoms with Crippen LogP contribution in [0.4, 0.5) is 10.1 Å². The molecule has 2 aromatic rings. The Morgan fingerprint density at radius 3 is 2.67 bits per heavy atom. The second-order valence-corrected chi connectivity index (χ2v) is 5.50. The molecular weight excluding hydrogens is 265 g/mol. The summed E-state index contributed by atoms with van der Waals surface area (Å²) in [5, 5.41) is 3.29. The molecule has 0 aliphatic carbocycles. The van der Waals surface area contributed by atoms with Crippen molar-refractivity contribution in [3.8, 4) is 0 Å². The van der Waals surface area contributed by atoms with Crippen molar-refractivity contribution in [2.45, 2.75) is 33.0 Å². The van der Waals surface area contributed by atoms with Crippen LogP contribution in [0.5, 0.6) is 0 Å². The highest BCUT2D eigenvalue weighted by Gasteiger charge is 2.09. The number of rotatable bonds is 6. The lowest BCUT2D eigenvalue weighted by Gasteiger charge is -2.20. The summed E-state index contributed by atoms with van der Waals surface area (Å²) in [4.78, 5) is 6.14. The molecule has 0 bridgehead atoms. The summed E-state index contributed by atoms with van der Waals surface area (Å²) < 4.78 is 14.2. The van der Waals surface area contributed by atoms with Gasteiger partial charge in [0, 0.05) is 25.8 Å². The minimum absolute atomic E-state index is 0.198. The molecule has 112 valence electrons. The number of benzene rings is 1. The van der Waals surface area contributed by atoms with Crippen molar-refractivity contribution >= 4 is 5.69 Å². The molecule has 0 saturated carbocycles. The van der Waals surface area contributed by atoms with Crippen LogP contribution >= 0.6 is 0 Å². The largest absolute Gasteiger partial charge is 0.366 e. The highest BCUT2D eigenvalue weighted by Crippen LogP contribution is 2.21. The van der Waals surface area contributed by atoms with Gasteiger partial charge in [-0.1, -0.05) is 26.0 Å². The third-order valence-electron chi connectivity index (χ3n) is 3.26. The maximum Gasteiger partial charge on any atom is 0.146 e. The molecule has 0 aliphatic rings. The fourth-order valence-electron chi connectivity index (χ4n) is 2.11. The smallest absolute Gasteiger partial charge is 0.146 e. The number of halogens is 1. The Labute approximate surface area is 125 Å². The molecule has 0 atom stereocenters. The maximum absolute atomic E-state index is 14.2. The lowest BCUT2D eigenvalue weighted by Crippen LogP contribution is -2.22. The van der Waals surface area contributed by atoms with E-state index in [2.05, 4.69) is 24.1 Å². The van der Waals surface area contributed by atoms with E-state index >= 15 is 0 Å². The van der Waals surface area contributed by atoms with Gasteiger partial charge in [-0.3, -0.25) is 4.98 Å². The molecule has 1 aromatic heterocycles. The third kappa shape index (κ3) is 4.53. The molecule has 4 heteroatoms. The van der Waals surface area contributed by atoms with Crippen molar-refractivity contribution in [2.75, 3.05) is 11.9 Å². The average Bonchev–Trinajstić information content (AvgIpc) is 2.46. The van der Waals surface area contributed by atoms with Gasteiger partial charge in [0.05, 0.1) is 17.9 Å². The molecule has 2 rings (SSSR count). The van der Waals surface area contributed by atoms with Crippen LogP contribution < -0.4 is 10.2 Å². The summed E-state index contributed by atoms with van der Waals surface area (Å²) in [6.07, 6.45) is 1.75. The Kier molecular flexibility index (Phi) is 5.28. The minimum Gasteiger partial charge on any atom is -0.366 e. The minimum atomic E-state index is -0.198. The van der Waals surface area contributed by atoms with Gasteiger partial charge in [0.25, 0.3) is 0 Å². The summed E-state index contributed by atoms with van der Waals surface area (Å²) in [6.45, 7) is 5.41. The predicted octanol–water partition coefficient (Wildman–Crippen LogP) is 3.36. The number of nitrogens with one attached hydrogen (secondary N) is 1. The molecule has 21 heavy (non-hydrogen) atoms. The zero-order valence-electron chi connectivity index (χ0n) is 12.8. The van der Waals surface area contributed by atoms with Crippen LogP contribution in [0.25, 0.3) is 0 Å². The number of hydrogen-bond acceptors (Lipinski definition) is 3. The Morgan fingerprint density at radius 1 is 1.24 bits per heavy atom. The fourth-order valence-corrected chi connectivity index (χ4v) is 2.11. The summed E-state index contributed by atoms with van der Waals surface area (Å²) >= 11 is 0. The Morgan fingerprint density at radius 2 is 2.05 bits per heavy atom. The monoisotopic (exact) mass is 287 g/mol. The van der Waals surface area contributed by atoms with Crippen LogP contribution in [0.3, 0.4) is 0 Å². The quantitative estimate of drug-likeness (QED) is 0.883. The number of nitrogens with zero attached hydrogens (tertiary/aromatic N) is 2. The van der Waals surface area contributed by atoms with E-state index in [1.807, 2.05) is 42.3 Å². The standard InChI is InChI=1S/C17H22FN3/c1-13(2)20-11-14-7-8-17(16(18)10-14)21(3)12-15-6-4-5-9-19-15/h4-10,13,20H,11-12H2,1-3H3. The highest BCUT2D eigenvalue weighted by atomic mass is 19.1. The van der Waals surface area contributed by atoms with E-state index in [1.54, 1.807) is 12.3 Å². The average molecular weight is 287 g/mol.